The first kappa shape index (κ1) is 21.0. The van der Waals surface area contributed by atoms with Crippen molar-refractivity contribution in [1.29, 1.82) is 0 Å². The molecule has 27 heavy (non-hydrogen) atoms. The van der Waals surface area contributed by atoms with Crippen molar-refractivity contribution in [3.8, 4) is 0 Å². The lowest BCUT2D eigenvalue weighted by molar-refractivity contribution is -0.117. The number of benzene rings is 1. The summed E-state index contributed by atoms with van der Waals surface area (Å²) < 4.78 is 19.6. The predicted octanol–water partition coefficient (Wildman–Crippen LogP) is 2.42. The van der Waals surface area contributed by atoms with Gasteiger partial charge in [0.2, 0.25) is 5.91 Å². The molecule has 150 valence electrons. The van der Waals surface area contributed by atoms with Gasteiger partial charge in [-0.25, -0.2) is 9.18 Å². The number of ether oxygens (including phenoxy) is 1. The van der Waals surface area contributed by atoms with E-state index in [1.165, 1.54) is 11.0 Å². The summed E-state index contributed by atoms with van der Waals surface area (Å²) in [6.07, 6.45) is -0.571. The van der Waals surface area contributed by atoms with Crippen molar-refractivity contribution in [2.45, 2.75) is 52.2 Å². The Morgan fingerprint density at radius 2 is 2.07 bits per heavy atom. The normalized spacial score (nSPS) is 14.7. The van der Waals surface area contributed by atoms with Crippen molar-refractivity contribution in [3.63, 3.8) is 0 Å². The second-order valence-corrected chi connectivity index (χ2v) is 7.61. The number of nitrogens with zero attached hydrogens (tertiary/aromatic N) is 1. The number of anilines is 2. The SMILES string of the molecule is CCCN1C(=O)Cc2cc(NC[C@@H](O)CNC(=O)OC(C)(C)C)cc(F)c21. The van der Waals surface area contributed by atoms with Crippen LogP contribution in [0.25, 0.3) is 0 Å². The van der Waals surface area contributed by atoms with Crippen LogP contribution in [0.15, 0.2) is 12.1 Å². The highest BCUT2D eigenvalue weighted by molar-refractivity contribution is 6.02. The molecule has 1 aliphatic heterocycles. The number of aliphatic hydroxyl groups is 1. The molecule has 1 aliphatic rings. The molecule has 2 amide bonds. The summed E-state index contributed by atoms with van der Waals surface area (Å²) in [5.41, 5.74) is 0.851. The number of hydrogen-bond donors (Lipinski definition) is 3. The number of fused-ring (bicyclic) bond motifs is 1. The zero-order chi connectivity index (χ0) is 20.2. The molecule has 0 radical (unpaired) electrons. The maximum atomic E-state index is 14.5. The van der Waals surface area contributed by atoms with Crippen molar-refractivity contribution in [2.24, 2.45) is 0 Å². The van der Waals surface area contributed by atoms with Crippen LogP contribution in [0.1, 0.15) is 39.7 Å². The monoisotopic (exact) mass is 381 g/mol. The molecule has 8 heteroatoms. The standard InChI is InChI=1S/C19H28FN3O4/c1-5-6-23-16(25)8-12-7-13(9-15(20)17(12)23)21-10-14(24)11-22-18(26)27-19(2,3)4/h7,9,14,21,24H,5-6,8,10-11H2,1-4H3,(H,22,26)/t14-/m1/s1. The first-order valence-electron chi connectivity index (χ1n) is 9.12. The maximum Gasteiger partial charge on any atom is 0.407 e. The Labute approximate surface area is 158 Å². The van der Waals surface area contributed by atoms with Gasteiger partial charge in [0, 0.05) is 25.3 Å². The van der Waals surface area contributed by atoms with Crippen LogP contribution in [0.4, 0.5) is 20.6 Å². The van der Waals surface area contributed by atoms with E-state index in [9.17, 15) is 19.1 Å². The minimum Gasteiger partial charge on any atom is -0.444 e. The molecule has 0 bridgehead atoms. The highest BCUT2D eigenvalue weighted by Gasteiger charge is 2.30. The summed E-state index contributed by atoms with van der Waals surface area (Å²) >= 11 is 0. The first-order valence-corrected chi connectivity index (χ1v) is 9.12. The molecule has 1 aromatic carbocycles. The van der Waals surface area contributed by atoms with E-state index in [-0.39, 0.29) is 25.4 Å². The van der Waals surface area contributed by atoms with E-state index in [0.717, 1.165) is 6.42 Å². The van der Waals surface area contributed by atoms with Crippen molar-refractivity contribution in [3.05, 3.63) is 23.5 Å². The summed E-state index contributed by atoms with van der Waals surface area (Å²) in [5, 5.41) is 15.4. The van der Waals surface area contributed by atoms with E-state index in [1.54, 1.807) is 26.8 Å². The Bertz CT molecular complexity index is 703. The molecule has 0 saturated heterocycles. The minimum atomic E-state index is -0.882. The average molecular weight is 381 g/mol. The summed E-state index contributed by atoms with van der Waals surface area (Å²) in [4.78, 5) is 25.1. The number of hydrogen-bond acceptors (Lipinski definition) is 5. The largest absolute Gasteiger partial charge is 0.444 e. The van der Waals surface area contributed by atoms with Gasteiger partial charge in [0.1, 0.15) is 11.4 Å². The number of amides is 2. The highest BCUT2D eigenvalue weighted by Crippen LogP contribution is 2.34. The molecule has 2 rings (SSSR count). The van der Waals surface area contributed by atoms with Gasteiger partial charge in [0.25, 0.3) is 0 Å². The van der Waals surface area contributed by atoms with Crippen LogP contribution in [0.5, 0.6) is 0 Å². The van der Waals surface area contributed by atoms with Crippen LogP contribution >= 0.6 is 0 Å². The van der Waals surface area contributed by atoms with E-state index in [1.807, 2.05) is 6.92 Å². The highest BCUT2D eigenvalue weighted by atomic mass is 19.1. The molecule has 1 atom stereocenters. The van der Waals surface area contributed by atoms with Gasteiger partial charge in [-0.3, -0.25) is 4.79 Å². The predicted molar refractivity (Wildman–Crippen MR) is 101 cm³/mol. The third kappa shape index (κ3) is 5.82. The van der Waals surface area contributed by atoms with Crippen LogP contribution < -0.4 is 15.5 Å². The molecule has 0 spiro atoms. The van der Waals surface area contributed by atoms with Gasteiger partial charge >= 0.3 is 6.09 Å². The quantitative estimate of drug-likeness (QED) is 0.675. The van der Waals surface area contributed by atoms with Crippen molar-refractivity contribution in [2.75, 3.05) is 29.9 Å². The third-order valence-electron chi connectivity index (χ3n) is 3.92. The van der Waals surface area contributed by atoms with E-state index < -0.39 is 23.6 Å². The number of alkyl carbamates (subject to hydrolysis) is 1. The summed E-state index contributed by atoms with van der Waals surface area (Å²) in [7, 11) is 0. The van der Waals surface area contributed by atoms with Crippen LogP contribution in [0.3, 0.4) is 0 Å². The average Bonchev–Trinajstić information content (AvgIpc) is 2.86. The van der Waals surface area contributed by atoms with E-state index >= 15 is 0 Å². The molecule has 7 nitrogen and oxygen atoms in total. The Balaban J connectivity index is 1.90. The van der Waals surface area contributed by atoms with Crippen LogP contribution in [0.2, 0.25) is 0 Å². The first-order chi connectivity index (χ1) is 12.6. The summed E-state index contributed by atoms with van der Waals surface area (Å²) in [5.74, 6) is -0.569. The molecule has 3 N–H and O–H groups in total. The molecule has 0 aromatic heterocycles. The molecule has 0 unspecified atom stereocenters. The molecule has 1 heterocycles. The second kappa shape index (κ2) is 8.56. The Kier molecular flexibility index (Phi) is 6.64. The molecule has 1 aromatic rings. The minimum absolute atomic E-state index is 0.00189. The number of halogens is 1. The topological polar surface area (TPSA) is 90.9 Å². The molecule has 0 saturated carbocycles. The fraction of sp³-hybridized carbons (Fsp3) is 0.579. The number of carbonyl (C=O) groups is 2. The number of carbonyl (C=O) groups excluding carboxylic acids is 2. The summed E-state index contributed by atoms with van der Waals surface area (Å²) in [6, 6.07) is 3.04. The Hall–Kier alpha value is -2.35. The van der Waals surface area contributed by atoms with E-state index in [0.29, 0.717) is 23.5 Å². The van der Waals surface area contributed by atoms with E-state index in [2.05, 4.69) is 10.6 Å². The second-order valence-electron chi connectivity index (χ2n) is 7.61. The van der Waals surface area contributed by atoms with Gasteiger partial charge in [-0.2, -0.15) is 0 Å². The van der Waals surface area contributed by atoms with Gasteiger partial charge in [-0.15, -0.1) is 0 Å². The molecular formula is C19H28FN3O4. The van der Waals surface area contributed by atoms with Crippen LogP contribution in [-0.4, -0.2) is 48.4 Å². The van der Waals surface area contributed by atoms with E-state index in [4.69, 9.17) is 4.74 Å². The van der Waals surface area contributed by atoms with Gasteiger partial charge in [0.15, 0.2) is 0 Å². The van der Waals surface area contributed by atoms with Crippen molar-refractivity contribution >= 4 is 23.4 Å². The van der Waals surface area contributed by atoms with Crippen molar-refractivity contribution < 1.29 is 23.8 Å². The van der Waals surface area contributed by atoms with Gasteiger partial charge in [-0.1, -0.05) is 6.92 Å². The Morgan fingerprint density at radius 3 is 2.70 bits per heavy atom. The number of rotatable bonds is 7. The van der Waals surface area contributed by atoms with Crippen LogP contribution in [-0.2, 0) is 16.0 Å². The zero-order valence-electron chi connectivity index (χ0n) is 16.3. The zero-order valence-corrected chi connectivity index (χ0v) is 16.3. The van der Waals surface area contributed by atoms with Gasteiger partial charge in [-0.05, 0) is 44.9 Å². The van der Waals surface area contributed by atoms with Gasteiger partial charge < -0.3 is 25.4 Å². The lowest BCUT2D eigenvalue weighted by Gasteiger charge is -2.21. The van der Waals surface area contributed by atoms with Gasteiger partial charge in [0.05, 0.1) is 18.2 Å². The lowest BCUT2D eigenvalue weighted by atomic mass is 10.1. The maximum absolute atomic E-state index is 14.5. The molecular weight excluding hydrogens is 353 g/mol. The van der Waals surface area contributed by atoms with Crippen LogP contribution in [0, 0.1) is 5.82 Å². The number of nitrogens with one attached hydrogen (secondary N) is 2. The summed E-state index contributed by atoms with van der Waals surface area (Å²) in [6.45, 7) is 7.78. The van der Waals surface area contributed by atoms with Crippen molar-refractivity contribution in [1.82, 2.24) is 5.32 Å². The molecule has 0 aliphatic carbocycles. The number of aliphatic hydroxyl groups excluding tert-OH is 1. The lowest BCUT2D eigenvalue weighted by Crippen LogP contribution is -2.39. The fourth-order valence-corrected chi connectivity index (χ4v) is 2.86. The Morgan fingerprint density at radius 1 is 1.37 bits per heavy atom. The molecule has 0 fully saturated rings. The smallest absolute Gasteiger partial charge is 0.407 e. The third-order valence-corrected chi connectivity index (χ3v) is 3.92. The fourth-order valence-electron chi connectivity index (χ4n) is 2.86.